The Morgan fingerprint density at radius 2 is 1.50 bits per heavy atom. The summed E-state index contributed by atoms with van der Waals surface area (Å²) in [7, 11) is 2.50. The van der Waals surface area contributed by atoms with Gasteiger partial charge < -0.3 is 19.0 Å². The van der Waals surface area contributed by atoms with Gasteiger partial charge in [-0.05, 0) is 13.0 Å². The zero-order valence-corrected chi connectivity index (χ0v) is 11.2. The first-order valence-corrected chi connectivity index (χ1v) is 5.53. The van der Waals surface area contributed by atoms with E-state index in [1.165, 1.54) is 0 Å². The second kappa shape index (κ2) is 8.39. The van der Waals surface area contributed by atoms with Crippen LogP contribution in [0.2, 0.25) is 6.04 Å². The van der Waals surface area contributed by atoms with Crippen molar-refractivity contribution < 1.29 is 13.3 Å². The second-order valence-electron chi connectivity index (χ2n) is 2.19. The number of hydrogen-bond donors (Lipinski definition) is 1. The Bertz CT molecular complexity index is 94.5. The molecule has 0 aliphatic heterocycles. The van der Waals surface area contributed by atoms with Crippen molar-refractivity contribution in [2.75, 3.05) is 27.9 Å². The SMILES string of the molecule is CO[Si](CCCN)(OC)OC.I. The van der Waals surface area contributed by atoms with Gasteiger partial charge in [-0.1, -0.05) is 0 Å². The van der Waals surface area contributed by atoms with Gasteiger partial charge in [-0.25, -0.2) is 0 Å². The lowest BCUT2D eigenvalue weighted by molar-refractivity contribution is 0.123. The third kappa shape index (κ3) is 4.73. The van der Waals surface area contributed by atoms with Gasteiger partial charge in [-0.15, -0.1) is 24.0 Å². The van der Waals surface area contributed by atoms with E-state index in [1.54, 1.807) is 21.3 Å². The molecule has 0 fully saturated rings. The van der Waals surface area contributed by atoms with E-state index in [0.717, 1.165) is 12.5 Å². The predicted octanol–water partition coefficient (Wildman–Crippen LogP) is 0.831. The van der Waals surface area contributed by atoms with Crippen LogP contribution < -0.4 is 5.73 Å². The average Bonchev–Trinajstić information content (AvgIpc) is 2.08. The molecule has 12 heavy (non-hydrogen) atoms. The maximum absolute atomic E-state index is 5.36. The molecule has 0 radical (unpaired) electrons. The van der Waals surface area contributed by atoms with Crippen molar-refractivity contribution in [2.24, 2.45) is 5.73 Å². The zero-order valence-electron chi connectivity index (χ0n) is 7.83. The van der Waals surface area contributed by atoms with Crippen molar-refractivity contribution in [1.82, 2.24) is 0 Å². The fourth-order valence-electron chi connectivity index (χ4n) is 0.875. The van der Waals surface area contributed by atoms with E-state index in [-0.39, 0.29) is 24.0 Å². The molecule has 0 unspecified atom stereocenters. The molecule has 0 saturated heterocycles. The van der Waals surface area contributed by atoms with Crippen molar-refractivity contribution in [3.05, 3.63) is 0 Å². The van der Waals surface area contributed by atoms with E-state index in [2.05, 4.69) is 0 Å². The first kappa shape index (κ1) is 15.3. The summed E-state index contributed by atoms with van der Waals surface area (Å²) in [4.78, 5) is 0. The Balaban J connectivity index is 0. The molecular formula is C6H18INO3Si. The summed E-state index contributed by atoms with van der Waals surface area (Å²) in [6.45, 7) is 0.644. The maximum Gasteiger partial charge on any atom is 0.500 e. The fraction of sp³-hybridized carbons (Fsp3) is 1.00. The summed E-state index contributed by atoms with van der Waals surface area (Å²) in [6.07, 6.45) is 0.877. The van der Waals surface area contributed by atoms with Crippen LogP contribution in [0.5, 0.6) is 0 Å². The molecule has 0 aromatic rings. The lowest BCUT2D eigenvalue weighted by atomic mass is 10.5. The lowest BCUT2D eigenvalue weighted by Crippen LogP contribution is -2.42. The Labute approximate surface area is 92.1 Å². The quantitative estimate of drug-likeness (QED) is 0.583. The minimum atomic E-state index is -2.32. The molecule has 0 saturated carbocycles. The van der Waals surface area contributed by atoms with Crippen molar-refractivity contribution in [2.45, 2.75) is 12.5 Å². The first-order valence-electron chi connectivity index (χ1n) is 3.60. The topological polar surface area (TPSA) is 53.7 Å². The van der Waals surface area contributed by atoms with Crippen molar-refractivity contribution >= 4 is 32.8 Å². The highest BCUT2D eigenvalue weighted by Crippen LogP contribution is 2.13. The van der Waals surface area contributed by atoms with Crippen LogP contribution in [0, 0.1) is 0 Å². The van der Waals surface area contributed by atoms with Gasteiger partial charge >= 0.3 is 8.80 Å². The minimum absolute atomic E-state index is 0. The van der Waals surface area contributed by atoms with Crippen LogP contribution in [0.3, 0.4) is 0 Å². The summed E-state index contributed by atoms with van der Waals surface area (Å²) >= 11 is 0. The summed E-state index contributed by atoms with van der Waals surface area (Å²) in [6, 6.07) is 0.785. The van der Waals surface area contributed by atoms with Gasteiger partial charge in [0.1, 0.15) is 0 Å². The molecule has 0 atom stereocenters. The van der Waals surface area contributed by atoms with Crippen molar-refractivity contribution in [3.63, 3.8) is 0 Å². The third-order valence-corrected chi connectivity index (χ3v) is 4.45. The molecule has 0 amide bonds. The van der Waals surface area contributed by atoms with Gasteiger partial charge in [0.2, 0.25) is 0 Å². The Hall–Kier alpha value is 0.787. The van der Waals surface area contributed by atoms with Gasteiger partial charge in [0.25, 0.3) is 0 Å². The van der Waals surface area contributed by atoms with Gasteiger partial charge in [0.15, 0.2) is 0 Å². The van der Waals surface area contributed by atoms with E-state index in [4.69, 9.17) is 19.0 Å². The maximum atomic E-state index is 5.36. The normalized spacial score (nSPS) is 11.0. The number of nitrogens with two attached hydrogens (primary N) is 1. The van der Waals surface area contributed by atoms with E-state index >= 15 is 0 Å². The van der Waals surface area contributed by atoms with Gasteiger partial charge in [0, 0.05) is 27.4 Å². The van der Waals surface area contributed by atoms with Crippen LogP contribution in [-0.4, -0.2) is 36.7 Å². The highest BCUT2D eigenvalue weighted by molar-refractivity contribution is 14.0. The van der Waals surface area contributed by atoms with Crippen LogP contribution in [0.25, 0.3) is 0 Å². The molecule has 0 aliphatic carbocycles. The van der Waals surface area contributed by atoms with Crippen molar-refractivity contribution in [3.8, 4) is 0 Å². The molecule has 0 heterocycles. The van der Waals surface area contributed by atoms with Gasteiger partial charge in [-0.3, -0.25) is 0 Å². The summed E-state index contributed by atoms with van der Waals surface area (Å²) in [5.41, 5.74) is 5.36. The van der Waals surface area contributed by atoms with Crippen LogP contribution in [0.15, 0.2) is 0 Å². The van der Waals surface area contributed by atoms with E-state index < -0.39 is 8.80 Å². The zero-order chi connectivity index (χ0) is 8.74. The monoisotopic (exact) mass is 307 g/mol. The Kier molecular flexibility index (Phi) is 10.7. The van der Waals surface area contributed by atoms with E-state index in [1.807, 2.05) is 0 Å². The van der Waals surface area contributed by atoms with Crippen LogP contribution in [0.1, 0.15) is 6.42 Å². The predicted molar refractivity (Wildman–Crippen MR) is 60.7 cm³/mol. The molecule has 0 aliphatic rings. The Morgan fingerprint density at radius 1 is 1.08 bits per heavy atom. The van der Waals surface area contributed by atoms with Crippen molar-refractivity contribution in [1.29, 1.82) is 0 Å². The van der Waals surface area contributed by atoms with Gasteiger partial charge in [-0.2, -0.15) is 0 Å². The fourth-order valence-corrected chi connectivity index (χ4v) is 2.62. The summed E-state index contributed by atoms with van der Waals surface area (Å²) < 4.78 is 15.5. The largest absolute Gasteiger partial charge is 0.500 e. The lowest BCUT2D eigenvalue weighted by Gasteiger charge is -2.23. The molecule has 76 valence electrons. The molecule has 4 nitrogen and oxygen atoms in total. The van der Waals surface area contributed by atoms with E-state index in [9.17, 15) is 0 Å². The van der Waals surface area contributed by atoms with Crippen LogP contribution in [-0.2, 0) is 13.3 Å². The molecular weight excluding hydrogens is 289 g/mol. The van der Waals surface area contributed by atoms with E-state index in [0.29, 0.717) is 6.54 Å². The van der Waals surface area contributed by atoms with Crippen LogP contribution >= 0.6 is 24.0 Å². The Morgan fingerprint density at radius 3 is 1.75 bits per heavy atom. The average molecular weight is 307 g/mol. The summed E-state index contributed by atoms with van der Waals surface area (Å²) in [5.74, 6) is 0. The molecule has 0 aromatic carbocycles. The number of halogens is 1. The first-order chi connectivity index (χ1) is 5.24. The molecule has 0 bridgehead atoms. The standard InChI is InChI=1S/C6H17NO3Si.HI/c1-8-11(9-2,10-3)6-4-5-7;/h4-7H2,1-3H3;1H. The molecule has 0 spiro atoms. The highest BCUT2D eigenvalue weighted by atomic mass is 127. The highest BCUT2D eigenvalue weighted by Gasteiger charge is 2.36. The number of rotatable bonds is 6. The second-order valence-corrected chi connectivity index (χ2v) is 5.28. The smallest absolute Gasteiger partial charge is 0.377 e. The third-order valence-electron chi connectivity index (χ3n) is 1.62. The summed E-state index contributed by atoms with van der Waals surface area (Å²) in [5, 5.41) is 0. The molecule has 6 heteroatoms. The minimum Gasteiger partial charge on any atom is -0.377 e. The number of hydrogen-bond acceptors (Lipinski definition) is 4. The van der Waals surface area contributed by atoms with Crippen LogP contribution in [0.4, 0.5) is 0 Å². The molecule has 0 rings (SSSR count). The van der Waals surface area contributed by atoms with Gasteiger partial charge in [0.05, 0.1) is 0 Å². The molecule has 2 N–H and O–H groups in total. The molecule has 0 aromatic heterocycles.